The summed E-state index contributed by atoms with van der Waals surface area (Å²) in [6, 6.07) is -6.21. The van der Waals surface area contributed by atoms with Gasteiger partial charge in [-0.1, -0.05) is 84.1 Å². The van der Waals surface area contributed by atoms with Gasteiger partial charge in [-0.3, -0.25) is 28.4 Å². The van der Waals surface area contributed by atoms with Crippen LogP contribution >= 0.6 is 0 Å². The van der Waals surface area contributed by atoms with E-state index in [1.54, 1.807) is 16.3 Å². The smallest absolute Gasteiger partial charge is 0.355 e. The summed E-state index contributed by atoms with van der Waals surface area (Å²) in [5.74, 6) is 3.21. The van der Waals surface area contributed by atoms with Gasteiger partial charge in [-0.15, -0.1) is 12.3 Å². The summed E-state index contributed by atoms with van der Waals surface area (Å²) < 4.78 is 57.7. The molecule has 15 nitrogen and oxygen atoms in total. The largest absolute Gasteiger partial charge is 0.433 e. The molecule has 0 unspecified atom stereocenters. The Hall–Kier alpha value is -6.37. The standard InChI is InChI=1S/C11H18N2O.C10H17N3O.C10H14N2.C9H12F2N2O.C8H9F2N3.2CH4/c1-8(2)10-6-12-13(7-10)11(4,5)9(3)14;1-4-11-10(14)7-13-6-9(5-12-13)8(2)3;1-4-5-6-12-8-10(7-11-12)9(2)3;1-6(2)8-4-12-13(5-8)9(10,11)7(3)14;1-6(2)7-3-12-13(4-7)8(9,10)5-11;;/h6-8H,1-5H3;5-6,8H,4,7H2,1-3H3,(H,11,14);1,7-9H,5-6H2,2-3H3;4-6H,1-3H3;3-4,6H,1-2H3;2*1H4. The molecular weight excluding hydrogens is 893 g/mol. The van der Waals surface area contributed by atoms with Crippen LogP contribution in [0.15, 0.2) is 62.0 Å². The fourth-order valence-corrected chi connectivity index (χ4v) is 5.03. The van der Waals surface area contributed by atoms with Crippen LogP contribution in [0, 0.1) is 23.7 Å². The second-order valence-corrected chi connectivity index (χ2v) is 17.7. The third kappa shape index (κ3) is 20.8. The number of hydrogen-bond donors (Lipinski definition) is 1. The molecule has 0 atom stereocenters. The van der Waals surface area contributed by atoms with Gasteiger partial charge in [-0.25, -0.2) is 4.68 Å². The van der Waals surface area contributed by atoms with E-state index in [9.17, 15) is 31.9 Å². The predicted octanol–water partition coefficient (Wildman–Crippen LogP) is 11.0. The Balaban J connectivity index is 0. The molecule has 69 heavy (non-hydrogen) atoms. The van der Waals surface area contributed by atoms with Crippen molar-refractivity contribution in [2.75, 3.05) is 6.54 Å². The SMILES string of the molecule is C.C.C#CCCn1cc(C(C)C)cn1.CC(=O)C(C)(C)n1cc(C(C)C)cn1.CC(=O)C(F)(F)n1cc(C(C)C)cn1.CC(C)c1cnn(C(F)(F)C#N)c1.CCNC(=O)Cn1cc(C(C)C)cn1. The molecule has 0 aromatic carbocycles. The average Bonchev–Trinajstić information content (AvgIpc) is 4.10. The van der Waals surface area contributed by atoms with E-state index in [-0.39, 0.29) is 38.4 Å². The second-order valence-electron chi connectivity index (χ2n) is 17.7. The normalized spacial score (nSPS) is 11.0. The number of aryl methyl sites for hydroxylation is 1. The molecule has 0 bridgehead atoms. The number of rotatable bonds is 15. The molecular formula is C50H78F4N12O3. The van der Waals surface area contributed by atoms with Crippen LogP contribution in [0.1, 0.15) is 183 Å². The number of hydrogen-bond acceptors (Lipinski definition) is 9. The number of Topliss-reactive ketones (excluding diaryl/α,β-unsaturated/α-hetero) is 2. The molecule has 0 saturated carbocycles. The number of nitrogens with one attached hydrogen (secondary N) is 1. The fourth-order valence-electron chi connectivity index (χ4n) is 5.03. The quantitative estimate of drug-likeness (QED) is 0.0790. The predicted molar refractivity (Wildman–Crippen MR) is 264 cm³/mol. The number of aromatic nitrogens is 10. The lowest BCUT2D eigenvalue weighted by Gasteiger charge is -2.21. The maximum atomic E-state index is 13.1. The molecule has 0 aliphatic carbocycles. The highest BCUT2D eigenvalue weighted by atomic mass is 19.3. The van der Waals surface area contributed by atoms with Gasteiger partial charge in [0, 0.05) is 50.9 Å². The molecule has 384 valence electrons. The highest BCUT2D eigenvalue weighted by Crippen LogP contribution is 2.24. The second kappa shape index (κ2) is 29.5. The van der Waals surface area contributed by atoms with Crippen molar-refractivity contribution in [3.05, 3.63) is 89.8 Å². The molecule has 1 N–H and O–H groups in total. The summed E-state index contributed by atoms with van der Waals surface area (Å²) in [5.41, 5.74) is 4.44. The molecule has 0 saturated heterocycles. The van der Waals surface area contributed by atoms with Crippen molar-refractivity contribution in [2.45, 2.75) is 185 Å². The zero-order chi connectivity index (χ0) is 51.4. The van der Waals surface area contributed by atoms with Crippen LogP contribution in [-0.4, -0.2) is 72.9 Å². The van der Waals surface area contributed by atoms with Gasteiger partial charge in [0.15, 0.2) is 11.9 Å². The van der Waals surface area contributed by atoms with E-state index in [1.807, 2.05) is 84.1 Å². The fraction of sp³-hybridized carbons (Fsp3) is 0.580. The Morgan fingerprint density at radius 3 is 1.35 bits per heavy atom. The molecule has 0 aliphatic heterocycles. The summed E-state index contributed by atoms with van der Waals surface area (Å²) in [6.45, 7) is 30.1. The number of carbonyl (C=O) groups is 3. The molecule has 5 aromatic heterocycles. The molecule has 0 radical (unpaired) electrons. The zero-order valence-corrected chi connectivity index (χ0v) is 41.7. The van der Waals surface area contributed by atoms with Crippen molar-refractivity contribution >= 4 is 17.5 Å². The minimum Gasteiger partial charge on any atom is -0.355 e. The summed E-state index contributed by atoms with van der Waals surface area (Å²) in [5, 5.41) is 30.3. The number of likely N-dealkylation sites (N-methyl/N-ethyl adjacent to an activating group) is 1. The van der Waals surface area contributed by atoms with Gasteiger partial charge in [0.25, 0.3) is 0 Å². The molecule has 5 heterocycles. The first-order valence-electron chi connectivity index (χ1n) is 22.1. The van der Waals surface area contributed by atoms with Crippen LogP contribution in [0.25, 0.3) is 0 Å². The van der Waals surface area contributed by atoms with Crippen LogP contribution in [0.4, 0.5) is 17.6 Å². The number of ketones is 2. The highest BCUT2D eigenvalue weighted by molar-refractivity contribution is 5.83. The van der Waals surface area contributed by atoms with Crippen molar-refractivity contribution in [3.63, 3.8) is 0 Å². The first kappa shape index (κ1) is 64.7. The van der Waals surface area contributed by atoms with Crippen molar-refractivity contribution in [3.8, 4) is 18.4 Å². The number of terminal acetylenes is 1. The van der Waals surface area contributed by atoms with Gasteiger partial charge in [0.2, 0.25) is 11.7 Å². The van der Waals surface area contributed by atoms with Crippen molar-refractivity contribution in [2.24, 2.45) is 0 Å². The number of carbonyl (C=O) groups excluding carboxylic acids is 3. The molecule has 5 rings (SSSR count). The maximum Gasteiger partial charge on any atom is 0.433 e. The molecule has 0 aliphatic rings. The van der Waals surface area contributed by atoms with E-state index < -0.39 is 23.4 Å². The van der Waals surface area contributed by atoms with E-state index in [1.165, 1.54) is 35.9 Å². The third-order valence-corrected chi connectivity index (χ3v) is 10.2. The van der Waals surface area contributed by atoms with E-state index in [0.717, 1.165) is 31.5 Å². The summed E-state index contributed by atoms with van der Waals surface area (Å²) in [4.78, 5) is 33.2. The van der Waals surface area contributed by atoms with E-state index in [4.69, 9.17) is 11.7 Å². The van der Waals surface area contributed by atoms with Gasteiger partial charge in [0.1, 0.15) is 12.1 Å². The number of nitrogens with zero attached hydrogens (tertiary/aromatic N) is 11. The minimum absolute atomic E-state index is 0. The molecule has 19 heteroatoms. The first-order valence-corrected chi connectivity index (χ1v) is 22.1. The average molecular weight is 971 g/mol. The lowest BCUT2D eigenvalue weighted by atomic mass is 10.0. The topological polar surface area (TPSA) is 176 Å². The van der Waals surface area contributed by atoms with E-state index >= 15 is 0 Å². The van der Waals surface area contributed by atoms with Crippen LogP contribution in [0.2, 0.25) is 0 Å². The Morgan fingerprint density at radius 1 is 0.623 bits per heavy atom. The third-order valence-electron chi connectivity index (χ3n) is 10.2. The number of alkyl halides is 4. The van der Waals surface area contributed by atoms with Crippen molar-refractivity contribution < 1.29 is 31.9 Å². The van der Waals surface area contributed by atoms with Crippen LogP contribution < -0.4 is 5.32 Å². The zero-order valence-electron chi connectivity index (χ0n) is 41.7. The maximum absolute atomic E-state index is 13.1. The van der Waals surface area contributed by atoms with Gasteiger partial charge >= 0.3 is 12.1 Å². The number of amides is 1. The van der Waals surface area contributed by atoms with Crippen molar-refractivity contribution in [1.29, 1.82) is 5.26 Å². The molecule has 0 spiro atoms. The summed E-state index contributed by atoms with van der Waals surface area (Å²) >= 11 is 0. The van der Waals surface area contributed by atoms with Crippen LogP contribution in [0.3, 0.4) is 0 Å². The highest BCUT2D eigenvalue weighted by Gasteiger charge is 2.38. The Kier molecular flexibility index (Phi) is 27.7. The van der Waals surface area contributed by atoms with E-state index in [0.29, 0.717) is 51.3 Å². The number of nitriles is 1. The van der Waals surface area contributed by atoms with Crippen LogP contribution in [-0.2, 0) is 45.1 Å². The van der Waals surface area contributed by atoms with Gasteiger partial charge in [-0.2, -0.15) is 53.0 Å². The van der Waals surface area contributed by atoms with Gasteiger partial charge in [-0.05, 0) is 85.1 Å². The van der Waals surface area contributed by atoms with Crippen LogP contribution in [0.5, 0.6) is 0 Å². The lowest BCUT2D eigenvalue weighted by Crippen LogP contribution is -2.34. The summed E-state index contributed by atoms with van der Waals surface area (Å²) in [6.07, 6.45) is 22.4. The lowest BCUT2D eigenvalue weighted by molar-refractivity contribution is -0.158. The number of halogens is 4. The minimum atomic E-state index is -3.55. The van der Waals surface area contributed by atoms with Gasteiger partial charge < -0.3 is 5.32 Å². The Bertz CT molecular complexity index is 2300. The molecule has 5 aromatic rings. The summed E-state index contributed by atoms with van der Waals surface area (Å²) in [7, 11) is 0. The van der Waals surface area contributed by atoms with E-state index in [2.05, 4.69) is 84.5 Å². The van der Waals surface area contributed by atoms with Gasteiger partial charge in [0.05, 0.1) is 37.5 Å². The Morgan fingerprint density at radius 2 is 0.986 bits per heavy atom. The Labute approximate surface area is 408 Å². The molecule has 1 amide bonds. The monoisotopic (exact) mass is 971 g/mol. The molecule has 0 fully saturated rings. The van der Waals surface area contributed by atoms with Crippen molar-refractivity contribution in [1.82, 2.24) is 54.2 Å². The first-order chi connectivity index (χ1) is 31.0.